The van der Waals surface area contributed by atoms with Gasteiger partial charge in [-0.05, 0) is 43.9 Å². The van der Waals surface area contributed by atoms with E-state index in [1.807, 2.05) is 6.92 Å². The SMILES string of the molecule is COc1ccc(NS(=O)(=O)N(C)C(C)C2CC2)cc1S(=O)(=O)N1CCOCC1. The Labute approximate surface area is 166 Å². The summed E-state index contributed by atoms with van der Waals surface area (Å²) in [5, 5.41) is 0. The van der Waals surface area contributed by atoms with Gasteiger partial charge in [0.2, 0.25) is 10.0 Å². The van der Waals surface area contributed by atoms with Gasteiger partial charge < -0.3 is 9.47 Å². The van der Waals surface area contributed by atoms with Crippen molar-refractivity contribution in [3.63, 3.8) is 0 Å². The molecule has 1 heterocycles. The summed E-state index contributed by atoms with van der Waals surface area (Å²) >= 11 is 0. The van der Waals surface area contributed by atoms with Crippen LogP contribution in [0, 0.1) is 5.92 Å². The molecule has 9 nitrogen and oxygen atoms in total. The largest absolute Gasteiger partial charge is 0.495 e. The van der Waals surface area contributed by atoms with Crippen molar-refractivity contribution in [1.29, 1.82) is 0 Å². The van der Waals surface area contributed by atoms with Crippen LogP contribution in [0.25, 0.3) is 0 Å². The number of morpholine rings is 1. The van der Waals surface area contributed by atoms with Crippen molar-refractivity contribution in [3.05, 3.63) is 18.2 Å². The summed E-state index contributed by atoms with van der Waals surface area (Å²) in [4.78, 5) is -0.0741. The lowest BCUT2D eigenvalue weighted by atomic mass is 10.2. The molecule has 1 N–H and O–H groups in total. The first-order chi connectivity index (χ1) is 13.2. The first kappa shape index (κ1) is 21.3. The van der Waals surface area contributed by atoms with Gasteiger partial charge in [0.25, 0.3) is 0 Å². The van der Waals surface area contributed by atoms with Crippen LogP contribution in [-0.2, 0) is 25.0 Å². The van der Waals surface area contributed by atoms with Crippen LogP contribution in [0.3, 0.4) is 0 Å². The Kier molecular flexibility index (Phi) is 6.20. The number of hydrogen-bond donors (Lipinski definition) is 1. The van der Waals surface area contributed by atoms with Crippen molar-refractivity contribution < 1.29 is 26.3 Å². The topological polar surface area (TPSA) is 105 Å². The molecule has 0 radical (unpaired) electrons. The zero-order chi connectivity index (χ0) is 20.5. The summed E-state index contributed by atoms with van der Waals surface area (Å²) in [7, 11) is -4.75. The van der Waals surface area contributed by atoms with E-state index in [-0.39, 0.29) is 35.5 Å². The van der Waals surface area contributed by atoms with Gasteiger partial charge in [-0.2, -0.15) is 17.0 Å². The summed E-state index contributed by atoms with van der Waals surface area (Å²) in [6, 6.07) is 4.13. The monoisotopic (exact) mass is 433 g/mol. The van der Waals surface area contributed by atoms with Gasteiger partial charge in [0.05, 0.1) is 26.0 Å². The highest BCUT2D eigenvalue weighted by molar-refractivity contribution is 7.90. The third-order valence-corrected chi connectivity index (χ3v) is 8.76. The molecule has 28 heavy (non-hydrogen) atoms. The fourth-order valence-electron chi connectivity index (χ4n) is 3.18. The Morgan fingerprint density at radius 1 is 1.21 bits per heavy atom. The Hall–Kier alpha value is -1.40. The number of nitrogens with one attached hydrogen (secondary N) is 1. The molecule has 0 amide bonds. The second-order valence-electron chi connectivity index (χ2n) is 7.08. The standard InChI is InChI=1S/C17H27N3O6S2/c1-13(14-4-5-14)19(2)28(23,24)18-15-6-7-16(25-3)17(12-15)27(21,22)20-8-10-26-11-9-20/h6-7,12-14,18H,4-5,8-11H2,1-3H3. The lowest BCUT2D eigenvalue weighted by Crippen LogP contribution is -2.41. The average Bonchev–Trinajstić information content (AvgIpc) is 3.52. The second-order valence-corrected chi connectivity index (χ2v) is 10.7. The van der Waals surface area contributed by atoms with Crippen LogP contribution in [0.2, 0.25) is 0 Å². The molecule has 0 aromatic heterocycles. The highest BCUT2D eigenvalue weighted by Gasteiger charge is 2.36. The molecule has 0 bridgehead atoms. The molecule has 1 aromatic rings. The predicted molar refractivity (Wildman–Crippen MR) is 105 cm³/mol. The molecule has 1 aromatic carbocycles. The van der Waals surface area contributed by atoms with Crippen molar-refractivity contribution >= 4 is 25.9 Å². The normalized spacial score (nSPS) is 20.1. The quantitative estimate of drug-likeness (QED) is 0.658. The zero-order valence-electron chi connectivity index (χ0n) is 16.3. The molecular formula is C17H27N3O6S2. The van der Waals surface area contributed by atoms with E-state index in [4.69, 9.17) is 9.47 Å². The molecular weight excluding hydrogens is 406 g/mol. The van der Waals surface area contributed by atoms with Crippen LogP contribution < -0.4 is 9.46 Å². The molecule has 3 rings (SSSR count). The third-order valence-electron chi connectivity index (χ3n) is 5.26. The Balaban J connectivity index is 1.88. The molecule has 2 fully saturated rings. The van der Waals surface area contributed by atoms with Crippen LogP contribution in [-0.4, -0.2) is 71.9 Å². The van der Waals surface area contributed by atoms with E-state index in [1.54, 1.807) is 0 Å². The van der Waals surface area contributed by atoms with Crippen molar-refractivity contribution in [2.45, 2.75) is 30.7 Å². The van der Waals surface area contributed by atoms with Gasteiger partial charge in [-0.3, -0.25) is 4.72 Å². The Morgan fingerprint density at radius 2 is 1.86 bits per heavy atom. The van der Waals surface area contributed by atoms with Crippen molar-refractivity contribution in [1.82, 2.24) is 8.61 Å². The summed E-state index contributed by atoms with van der Waals surface area (Å²) in [5.74, 6) is 0.531. The average molecular weight is 434 g/mol. The van der Waals surface area contributed by atoms with Crippen molar-refractivity contribution in [2.24, 2.45) is 5.92 Å². The van der Waals surface area contributed by atoms with E-state index >= 15 is 0 Å². The van der Waals surface area contributed by atoms with Crippen LogP contribution in [0.1, 0.15) is 19.8 Å². The minimum atomic E-state index is -3.84. The lowest BCUT2D eigenvalue weighted by molar-refractivity contribution is 0.0729. The molecule has 1 aliphatic carbocycles. The maximum atomic E-state index is 13.0. The minimum absolute atomic E-state index is 0.0741. The van der Waals surface area contributed by atoms with Crippen LogP contribution in [0.5, 0.6) is 5.75 Å². The molecule has 1 unspecified atom stereocenters. The highest BCUT2D eigenvalue weighted by atomic mass is 32.2. The van der Waals surface area contributed by atoms with E-state index in [0.717, 1.165) is 12.8 Å². The summed E-state index contributed by atoms with van der Waals surface area (Å²) in [6.45, 7) is 2.99. The second kappa shape index (κ2) is 8.15. The number of anilines is 1. The maximum absolute atomic E-state index is 13.0. The van der Waals surface area contributed by atoms with Gasteiger partial charge in [-0.15, -0.1) is 0 Å². The van der Waals surface area contributed by atoms with Crippen LogP contribution in [0.15, 0.2) is 23.1 Å². The maximum Gasteiger partial charge on any atom is 0.301 e. The lowest BCUT2D eigenvalue weighted by Gasteiger charge is -2.27. The van der Waals surface area contributed by atoms with Gasteiger partial charge in [-0.25, -0.2) is 8.42 Å². The van der Waals surface area contributed by atoms with Gasteiger partial charge in [0, 0.05) is 26.2 Å². The first-order valence-corrected chi connectivity index (χ1v) is 12.1. The Morgan fingerprint density at radius 3 is 2.43 bits per heavy atom. The highest BCUT2D eigenvalue weighted by Crippen LogP contribution is 2.36. The van der Waals surface area contributed by atoms with Crippen molar-refractivity contribution in [2.75, 3.05) is 45.2 Å². The predicted octanol–water partition coefficient (Wildman–Crippen LogP) is 1.10. The minimum Gasteiger partial charge on any atom is -0.495 e. The van der Waals surface area contributed by atoms with E-state index in [0.29, 0.717) is 19.1 Å². The van der Waals surface area contributed by atoms with E-state index in [9.17, 15) is 16.8 Å². The number of benzene rings is 1. The number of nitrogens with zero attached hydrogens (tertiary/aromatic N) is 2. The first-order valence-electron chi connectivity index (χ1n) is 9.18. The van der Waals surface area contributed by atoms with Gasteiger partial charge >= 0.3 is 10.2 Å². The molecule has 0 spiro atoms. The van der Waals surface area contributed by atoms with Crippen LogP contribution >= 0.6 is 0 Å². The molecule has 2 aliphatic rings. The number of hydrogen-bond acceptors (Lipinski definition) is 6. The molecule has 1 aliphatic heterocycles. The zero-order valence-corrected chi connectivity index (χ0v) is 17.9. The van der Waals surface area contributed by atoms with E-state index in [1.165, 1.54) is 41.0 Å². The molecule has 1 saturated carbocycles. The van der Waals surface area contributed by atoms with Gasteiger partial charge in [0.15, 0.2) is 0 Å². The number of ether oxygens (including phenoxy) is 2. The van der Waals surface area contributed by atoms with Crippen LogP contribution in [0.4, 0.5) is 5.69 Å². The molecule has 1 saturated heterocycles. The number of sulfonamides is 1. The van der Waals surface area contributed by atoms with E-state index < -0.39 is 20.2 Å². The summed E-state index contributed by atoms with van der Waals surface area (Å²) in [5.41, 5.74) is 0.169. The van der Waals surface area contributed by atoms with E-state index in [2.05, 4.69) is 4.72 Å². The third kappa shape index (κ3) is 4.43. The fraction of sp³-hybridized carbons (Fsp3) is 0.647. The van der Waals surface area contributed by atoms with Gasteiger partial charge in [-0.1, -0.05) is 0 Å². The number of rotatable bonds is 8. The smallest absolute Gasteiger partial charge is 0.301 e. The summed E-state index contributed by atoms with van der Waals surface area (Å²) < 4.78 is 67.0. The Bertz CT molecular complexity index is 909. The number of methoxy groups -OCH3 is 1. The van der Waals surface area contributed by atoms with Gasteiger partial charge in [0.1, 0.15) is 10.6 Å². The fourth-order valence-corrected chi connectivity index (χ4v) is 5.95. The summed E-state index contributed by atoms with van der Waals surface area (Å²) in [6.07, 6.45) is 2.04. The van der Waals surface area contributed by atoms with Crippen molar-refractivity contribution in [3.8, 4) is 5.75 Å². The molecule has 158 valence electrons. The molecule has 11 heteroatoms. The molecule has 1 atom stereocenters.